The molecule has 0 atom stereocenters. The number of rotatable bonds is 4. The fourth-order valence-electron chi connectivity index (χ4n) is 1.65. The first kappa shape index (κ1) is 14.0. The summed E-state index contributed by atoms with van der Waals surface area (Å²) in [5.41, 5.74) is 2.50. The van der Waals surface area contributed by atoms with Crippen molar-refractivity contribution in [1.82, 2.24) is 5.43 Å². The van der Waals surface area contributed by atoms with E-state index in [1.807, 2.05) is 5.43 Å². The highest BCUT2D eigenvalue weighted by molar-refractivity contribution is 5.92. The molecule has 0 fully saturated rings. The van der Waals surface area contributed by atoms with Crippen molar-refractivity contribution in [1.29, 1.82) is 0 Å². The predicted octanol–water partition coefficient (Wildman–Crippen LogP) is 2.05. The third kappa shape index (κ3) is 2.94. The van der Waals surface area contributed by atoms with Crippen molar-refractivity contribution in [2.24, 2.45) is 5.84 Å². The molecule has 0 radical (unpaired) electrons. The monoisotopic (exact) mass is 282 g/mol. The highest BCUT2D eigenvalue weighted by atomic mass is 19.1. The van der Waals surface area contributed by atoms with Crippen molar-refractivity contribution < 1.29 is 22.7 Å². The van der Waals surface area contributed by atoms with Gasteiger partial charge in [0.15, 0.2) is 17.3 Å². The third-order valence-corrected chi connectivity index (χ3v) is 2.57. The van der Waals surface area contributed by atoms with Crippen LogP contribution in [0.25, 0.3) is 0 Å². The maximum absolute atomic E-state index is 13.3. The summed E-state index contributed by atoms with van der Waals surface area (Å²) in [5, 5.41) is 0. The summed E-state index contributed by atoms with van der Waals surface area (Å²) < 4.78 is 36.6. The number of aryl methyl sites for hydroxylation is 1. The topological polar surface area (TPSA) is 77.5 Å². The van der Waals surface area contributed by atoms with Gasteiger partial charge in [-0.2, -0.15) is 0 Å². The number of amides is 1. The molecular weight excluding hydrogens is 270 g/mol. The summed E-state index contributed by atoms with van der Waals surface area (Å²) in [7, 11) is 0. The largest absolute Gasteiger partial charge is 0.482 e. The van der Waals surface area contributed by atoms with Crippen molar-refractivity contribution in [2.75, 3.05) is 0 Å². The van der Waals surface area contributed by atoms with Crippen molar-refractivity contribution in [2.45, 2.75) is 13.5 Å². The van der Waals surface area contributed by atoms with Crippen LogP contribution < -0.4 is 16.0 Å². The molecule has 5 nitrogen and oxygen atoms in total. The zero-order chi connectivity index (χ0) is 14.7. The van der Waals surface area contributed by atoms with Crippen molar-refractivity contribution in [3.8, 4) is 5.75 Å². The normalized spacial score (nSPS) is 10.4. The van der Waals surface area contributed by atoms with Gasteiger partial charge in [-0.3, -0.25) is 10.2 Å². The Kier molecular flexibility index (Phi) is 3.99. The Balaban J connectivity index is 2.11. The zero-order valence-electron chi connectivity index (χ0n) is 10.6. The van der Waals surface area contributed by atoms with E-state index in [2.05, 4.69) is 0 Å². The maximum Gasteiger partial charge on any atom is 0.301 e. The fourth-order valence-corrected chi connectivity index (χ4v) is 1.65. The van der Waals surface area contributed by atoms with Gasteiger partial charge in [0.05, 0.1) is 0 Å². The molecule has 0 bridgehead atoms. The van der Waals surface area contributed by atoms with Gasteiger partial charge in [0.25, 0.3) is 0 Å². The minimum Gasteiger partial charge on any atom is -0.482 e. The van der Waals surface area contributed by atoms with E-state index >= 15 is 0 Å². The number of hydrazine groups is 1. The van der Waals surface area contributed by atoms with Crippen LogP contribution >= 0.6 is 0 Å². The Morgan fingerprint density at radius 2 is 2.15 bits per heavy atom. The summed E-state index contributed by atoms with van der Waals surface area (Å²) in [6.45, 7) is 1.51. The Morgan fingerprint density at radius 1 is 1.40 bits per heavy atom. The van der Waals surface area contributed by atoms with Crippen LogP contribution in [-0.2, 0) is 6.61 Å². The molecule has 2 rings (SSSR count). The SMILES string of the molecule is Cc1cc(COc2cc(F)ccc2F)oc1C(=O)NN. The molecule has 7 heteroatoms. The van der Waals surface area contributed by atoms with E-state index in [0.29, 0.717) is 11.3 Å². The minimum absolute atomic E-state index is 0.0471. The lowest BCUT2D eigenvalue weighted by atomic mass is 10.2. The molecule has 1 aromatic heterocycles. The van der Waals surface area contributed by atoms with Gasteiger partial charge in [-0.05, 0) is 25.1 Å². The standard InChI is InChI=1S/C13H12F2N2O3/c1-7-4-9(20-12(7)13(18)17-16)6-19-11-5-8(14)2-3-10(11)15/h2-5H,6,16H2,1H3,(H,17,18). The van der Waals surface area contributed by atoms with E-state index < -0.39 is 17.5 Å². The Labute approximate surface area is 113 Å². The molecule has 0 saturated heterocycles. The Hall–Kier alpha value is -2.41. The second-order valence-electron chi connectivity index (χ2n) is 4.06. The molecule has 1 heterocycles. The van der Waals surface area contributed by atoms with E-state index in [9.17, 15) is 13.6 Å². The third-order valence-electron chi connectivity index (χ3n) is 2.57. The van der Waals surface area contributed by atoms with Gasteiger partial charge in [0.2, 0.25) is 0 Å². The number of nitrogen functional groups attached to an aromatic ring is 1. The molecule has 0 aliphatic heterocycles. The van der Waals surface area contributed by atoms with Crippen molar-refractivity contribution >= 4 is 5.91 Å². The molecule has 3 N–H and O–H groups in total. The molecule has 1 amide bonds. The molecule has 2 aromatic rings. The van der Waals surface area contributed by atoms with E-state index in [0.717, 1.165) is 18.2 Å². The molecule has 1 aromatic carbocycles. The zero-order valence-corrected chi connectivity index (χ0v) is 10.6. The lowest BCUT2D eigenvalue weighted by Crippen LogP contribution is -2.30. The van der Waals surface area contributed by atoms with Crippen molar-refractivity contribution in [3.63, 3.8) is 0 Å². The molecule has 20 heavy (non-hydrogen) atoms. The molecule has 106 valence electrons. The molecular formula is C13H12F2N2O3. The van der Waals surface area contributed by atoms with Gasteiger partial charge in [0, 0.05) is 11.6 Å². The summed E-state index contributed by atoms with van der Waals surface area (Å²) in [4.78, 5) is 11.3. The summed E-state index contributed by atoms with van der Waals surface area (Å²) in [6, 6.07) is 4.44. The van der Waals surface area contributed by atoms with Gasteiger partial charge >= 0.3 is 5.91 Å². The summed E-state index contributed by atoms with van der Waals surface area (Å²) in [5.74, 6) is 3.24. The second kappa shape index (κ2) is 5.70. The van der Waals surface area contributed by atoms with Gasteiger partial charge in [-0.15, -0.1) is 0 Å². The maximum atomic E-state index is 13.3. The van der Waals surface area contributed by atoms with Crippen LogP contribution in [0.3, 0.4) is 0 Å². The first-order chi connectivity index (χ1) is 9.51. The highest BCUT2D eigenvalue weighted by Crippen LogP contribution is 2.21. The quantitative estimate of drug-likeness (QED) is 0.511. The number of hydrogen-bond acceptors (Lipinski definition) is 4. The Bertz CT molecular complexity index is 641. The number of nitrogens with two attached hydrogens (primary N) is 1. The van der Waals surface area contributed by atoms with Crippen LogP contribution in [0.1, 0.15) is 21.9 Å². The number of hydrogen-bond donors (Lipinski definition) is 2. The van der Waals surface area contributed by atoms with Crippen LogP contribution in [0, 0.1) is 18.6 Å². The molecule has 0 saturated carbocycles. The number of halogens is 2. The number of furan rings is 1. The number of benzene rings is 1. The van der Waals surface area contributed by atoms with Crippen molar-refractivity contribution in [3.05, 3.63) is 53.0 Å². The smallest absolute Gasteiger partial charge is 0.301 e. The van der Waals surface area contributed by atoms with Crippen LogP contribution in [0.15, 0.2) is 28.7 Å². The average Bonchev–Trinajstić information content (AvgIpc) is 2.80. The first-order valence-electron chi connectivity index (χ1n) is 5.69. The lowest BCUT2D eigenvalue weighted by Gasteiger charge is -2.05. The lowest BCUT2D eigenvalue weighted by molar-refractivity contribution is 0.0921. The Morgan fingerprint density at radius 3 is 2.85 bits per heavy atom. The average molecular weight is 282 g/mol. The molecule has 0 unspecified atom stereocenters. The number of ether oxygens (including phenoxy) is 1. The molecule has 0 aliphatic carbocycles. The van der Waals surface area contributed by atoms with E-state index in [1.165, 1.54) is 0 Å². The second-order valence-corrected chi connectivity index (χ2v) is 4.06. The highest BCUT2D eigenvalue weighted by Gasteiger charge is 2.15. The van der Waals surface area contributed by atoms with Crippen LogP contribution in [-0.4, -0.2) is 5.91 Å². The fraction of sp³-hybridized carbons (Fsp3) is 0.154. The van der Waals surface area contributed by atoms with Crippen LogP contribution in [0.4, 0.5) is 8.78 Å². The number of carbonyl (C=O) groups is 1. The van der Waals surface area contributed by atoms with E-state index in [-0.39, 0.29) is 18.1 Å². The first-order valence-corrected chi connectivity index (χ1v) is 5.69. The van der Waals surface area contributed by atoms with Crippen LogP contribution in [0.2, 0.25) is 0 Å². The van der Waals surface area contributed by atoms with E-state index in [4.69, 9.17) is 15.0 Å². The molecule has 0 aliphatic rings. The number of nitrogens with one attached hydrogen (secondary N) is 1. The molecule has 0 spiro atoms. The summed E-state index contributed by atoms with van der Waals surface area (Å²) in [6.07, 6.45) is 0. The van der Waals surface area contributed by atoms with Gasteiger partial charge in [-0.25, -0.2) is 14.6 Å². The van der Waals surface area contributed by atoms with Gasteiger partial charge in [-0.1, -0.05) is 0 Å². The van der Waals surface area contributed by atoms with Gasteiger partial charge < -0.3 is 9.15 Å². The summed E-state index contributed by atoms with van der Waals surface area (Å²) >= 11 is 0. The van der Waals surface area contributed by atoms with E-state index in [1.54, 1.807) is 13.0 Å². The predicted molar refractivity (Wildman–Crippen MR) is 65.8 cm³/mol. The minimum atomic E-state index is -0.686. The van der Waals surface area contributed by atoms with Crippen LogP contribution in [0.5, 0.6) is 5.75 Å². The number of carbonyl (C=O) groups excluding carboxylic acids is 1. The van der Waals surface area contributed by atoms with Gasteiger partial charge in [0.1, 0.15) is 18.2 Å².